The van der Waals surface area contributed by atoms with E-state index in [0.717, 1.165) is 12.8 Å². The summed E-state index contributed by atoms with van der Waals surface area (Å²) >= 11 is 0. The van der Waals surface area contributed by atoms with Crippen LogP contribution in [-0.4, -0.2) is 25.7 Å². The summed E-state index contributed by atoms with van der Waals surface area (Å²) in [5, 5.41) is 18.9. The number of hydrogen-bond acceptors (Lipinski definition) is 5. The number of nitrogens with zero attached hydrogens (tertiary/aromatic N) is 1. The first-order valence-electron chi connectivity index (χ1n) is 6.38. The van der Waals surface area contributed by atoms with Crippen molar-refractivity contribution in [2.24, 2.45) is 0 Å². The number of hydrogen-bond donors (Lipinski definition) is 3. The smallest absolute Gasteiger partial charge is 0.242 e. The number of nitriles is 1. The van der Waals surface area contributed by atoms with E-state index in [1.807, 2.05) is 6.07 Å². The Hall–Kier alpha value is -1.62. The highest BCUT2D eigenvalue weighted by Crippen LogP contribution is 2.29. The van der Waals surface area contributed by atoms with Crippen molar-refractivity contribution >= 4 is 15.7 Å². The van der Waals surface area contributed by atoms with Gasteiger partial charge in [-0.3, -0.25) is 0 Å². The monoisotopic (exact) mass is 295 g/mol. The molecule has 0 atom stereocenters. The second-order valence-electron chi connectivity index (χ2n) is 5.12. The van der Waals surface area contributed by atoms with E-state index in [1.54, 1.807) is 0 Å². The molecule has 1 aromatic carbocycles. The molecular weight excluding hydrogens is 278 g/mol. The van der Waals surface area contributed by atoms with Crippen molar-refractivity contribution in [1.82, 2.24) is 4.72 Å². The van der Waals surface area contributed by atoms with E-state index in [-0.39, 0.29) is 17.1 Å². The summed E-state index contributed by atoms with van der Waals surface area (Å²) in [4.78, 5) is -0.0712. The molecule has 0 unspecified atom stereocenters. The van der Waals surface area contributed by atoms with Gasteiger partial charge in [0.15, 0.2) is 0 Å². The van der Waals surface area contributed by atoms with E-state index in [4.69, 9.17) is 11.0 Å². The largest absolute Gasteiger partial charge is 0.398 e. The summed E-state index contributed by atoms with van der Waals surface area (Å²) < 4.78 is 26.7. The Morgan fingerprint density at radius 2 is 2.05 bits per heavy atom. The fraction of sp³-hybridized carbons (Fsp3) is 0.462. The molecule has 1 saturated carbocycles. The minimum absolute atomic E-state index is 0.0191. The third kappa shape index (κ3) is 3.10. The Morgan fingerprint density at radius 3 is 2.60 bits per heavy atom. The third-order valence-corrected chi connectivity index (χ3v) is 5.03. The Bertz CT molecular complexity index is 643. The molecule has 6 nitrogen and oxygen atoms in total. The molecule has 0 spiro atoms. The summed E-state index contributed by atoms with van der Waals surface area (Å²) in [6.07, 6.45) is 2.99. The molecule has 0 amide bonds. The molecule has 4 N–H and O–H groups in total. The normalized spacial score (nSPS) is 17.8. The molecule has 2 rings (SSSR count). The van der Waals surface area contributed by atoms with Crippen LogP contribution in [-0.2, 0) is 10.0 Å². The number of benzene rings is 1. The number of nitrogen functional groups attached to an aromatic ring is 1. The summed E-state index contributed by atoms with van der Waals surface area (Å²) in [7, 11) is -3.79. The predicted molar refractivity (Wildman–Crippen MR) is 74.2 cm³/mol. The van der Waals surface area contributed by atoms with Gasteiger partial charge in [-0.1, -0.05) is 12.8 Å². The fourth-order valence-electron chi connectivity index (χ4n) is 2.38. The van der Waals surface area contributed by atoms with Crippen LogP contribution in [0.15, 0.2) is 23.1 Å². The molecule has 0 bridgehead atoms. The van der Waals surface area contributed by atoms with Crippen molar-refractivity contribution in [2.75, 3.05) is 12.3 Å². The molecule has 0 aliphatic heterocycles. The van der Waals surface area contributed by atoms with Crippen LogP contribution in [0, 0.1) is 11.3 Å². The van der Waals surface area contributed by atoms with Gasteiger partial charge in [0.05, 0.1) is 22.9 Å². The molecular formula is C13H17N3O3S. The molecule has 0 saturated heterocycles. The van der Waals surface area contributed by atoms with E-state index in [0.29, 0.717) is 18.4 Å². The summed E-state index contributed by atoms with van der Waals surface area (Å²) in [5.41, 5.74) is 5.03. The number of anilines is 1. The van der Waals surface area contributed by atoms with E-state index in [2.05, 4.69) is 4.72 Å². The van der Waals surface area contributed by atoms with Gasteiger partial charge in [-0.25, -0.2) is 13.1 Å². The predicted octanol–water partition coefficient (Wildman–Crippen LogP) is 0.724. The van der Waals surface area contributed by atoms with Gasteiger partial charge in [-0.05, 0) is 31.0 Å². The number of nitrogens with one attached hydrogen (secondary N) is 1. The molecule has 7 heteroatoms. The number of sulfonamides is 1. The highest BCUT2D eigenvalue weighted by molar-refractivity contribution is 7.89. The van der Waals surface area contributed by atoms with Crippen molar-refractivity contribution in [2.45, 2.75) is 36.2 Å². The zero-order chi connectivity index (χ0) is 14.8. The summed E-state index contributed by atoms with van der Waals surface area (Å²) in [5.74, 6) is 0. The molecule has 0 heterocycles. The van der Waals surface area contributed by atoms with E-state index < -0.39 is 15.6 Å². The van der Waals surface area contributed by atoms with Gasteiger partial charge < -0.3 is 10.8 Å². The zero-order valence-corrected chi connectivity index (χ0v) is 11.8. The van der Waals surface area contributed by atoms with E-state index in [9.17, 15) is 13.5 Å². The average molecular weight is 295 g/mol. The lowest BCUT2D eigenvalue weighted by atomic mass is 10.0. The van der Waals surface area contributed by atoms with E-state index in [1.165, 1.54) is 18.2 Å². The van der Waals surface area contributed by atoms with Crippen molar-refractivity contribution in [3.8, 4) is 6.07 Å². The van der Waals surface area contributed by atoms with Crippen LogP contribution in [0.4, 0.5) is 5.69 Å². The van der Waals surface area contributed by atoms with Crippen molar-refractivity contribution < 1.29 is 13.5 Å². The van der Waals surface area contributed by atoms with Crippen LogP contribution in [0.25, 0.3) is 0 Å². The van der Waals surface area contributed by atoms with Gasteiger partial charge in [-0.15, -0.1) is 0 Å². The minimum Gasteiger partial charge on any atom is -0.398 e. The topological polar surface area (TPSA) is 116 Å². The lowest BCUT2D eigenvalue weighted by Gasteiger charge is -2.22. The maximum atomic E-state index is 12.2. The van der Waals surface area contributed by atoms with Crippen molar-refractivity contribution in [3.05, 3.63) is 23.8 Å². The second-order valence-corrected chi connectivity index (χ2v) is 6.86. The quantitative estimate of drug-likeness (QED) is 0.708. The molecule has 108 valence electrons. The number of rotatable bonds is 4. The third-order valence-electron chi connectivity index (χ3n) is 3.55. The van der Waals surface area contributed by atoms with Crippen LogP contribution in [0.1, 0.15) is 31.2 Å². The molecule has 1 aliphatic carbocycles. The maximum Gasteiger partial charge on any atom is 0.242 e. The standard InChI is InChI=1S/C13H17N3O3S/c14-8-10-3-4-12(11(15)7-10)20(18,19)16-9-13(17)5-1-2-6-13/h3-4,7,16-17H,1-2,5-6,9,15H2. The van der Waals surface area contributed by atoms with Gasteiger partial charge in [0.1, 0.15) is 4.90 Å². The van der Waals surface area contributed by atoms with Gasteiger partial charge in [0.2, 0.25) is 10.0 Å². The van der Waals surface area contributed by atoms with Crippen LogP contribution in [0.2, 0.25) is 0 Å². The molecule has 0 radical (unpaired) electrons. The lowest BCUT2D eigenvalue weighted by Crippen LogP contribution is -2.40. The second kappa shape index (κ2) is 5.40. The first kappa shape index (κ1) is 14.8. The van der Waals surface area contributed by atoms with Crippen LogP contribution in [0.5, 0.6) is 0 Å². The lowest BCUT2D eigenvalue weighted by molar-refractivity contribution is 0.0532. The molecule has 20 heavy (non-hydrogen) atoms. The van der Waals surface area contributed by atoms with Crippen LogP contribution in [0.3, 0.4) is 0 Å². The van der Waals surface area contributed by atoms with E-state index >= 15 is 0 Å². The maximum absolute atomic E-state index is 12.2. The molecule has 1 fully saturated rings. The SMILES string of the molecule is N#Cc1ccc(S(=O)(=O)NCC2(O)CCCC2)c(N)c1. The van der Waals surface area contributed by atoms with Gasteiger partial charge >= 0.3 is 0 Å². The Kier molecular flexibility index (Phi) is 3.99. The summed E-state index contributed by atoms with van der Waals surface area (Å²) in [6.45, 7) is -0.0191. The van der Waals surface area contributed by atoms with Crippen molar-refractivity contribution in [3.63, 3.8) is 0 Å². The van der Waals surface area contributed by atoms with Gasteiger partial charge in [0, 0.05) is 6.54 Å². The highest BCUT2D eigenvalue weighted by atomic mass is 32.2. The first-order chi connectivity index (χ1) is 9.36. The van der Waals surface area contributed by atoms with Gasteiger partial charge in [-0.2, -0.15) is 5.26 Å². The Labute approximate surface area is 118 Å². The Morgan fingerprint density at radius 1 is 1.40 bits per heavy atom. The van der Waals surface area contributed by atoms with Gasteiger partial charge in [0.25, 0.3) is 0 Å². The number of aliphatic hydroxyl groups is 1. The van der Waals surface area contributed by atoms with Crippen molar-refractivity contribution in [1.29, 1.82) is 5.26 Å². The van der Waals surface area contributed by atoms with Crippen LogP contribution >= 0.6 is 0 Å². The minimum atomic E-state index is -3.79. The number of nitrogens with two attached hydrogens (primary N) is 1. The Balaban J connectivity index is 2.16. The first-order valence-corrected chi connectivity index (χ1v) is 7.86. The summed E-state index contributed by atoms with van der Waals surface area (Å²) in [6, 6.07) is 5.91. The fourth-order valence-corrected chi connectivity index (χ4v) is 3.61. The molecule has 1 aliphatic rings. The molecule has 0 aromatic heterocycles. The highest BCUT2D eigenvalue weighted by Gasteiger charge is 2.32. The average Bonchev–Trinajstić information content (AvgIpc) is 2.84. The van der Waals surface area contributed by atoms with Crippen LogP contribution < -0.4 is 10.5 Å². The molecule has 1 aromatic rings. The zero-order valence-electron chi connectivity index (χ0n) is 11.0.